The molecule has 1 atom stereocenters. The van der Waals surface area contributed by atoms with Crippen LogP contribution in [0.15, 0.2) is 24.3 Å². The number of ketones is 1. The quantitative estimate of drug-likeness (QED) is 0.518. The Labute approximate surface area is 148 Å². The number of carbonyl (C=O) groups is 1. The fourth-order valence-electron chi connectivity index (χ4n) is 3.38. The van der Waals surface area contributed by atoms with Crippen molar-refractivity contribution in [1.29, 1.82) is 0 Å². The van der Waals surface area contributed by atoms with Gasteiger partial charge >= 0.3 is 0 Å². The molecule has 0 saturated carbocycles. The van der Waals surface area contributed by atoms with Crippen LogP contribution < -0.4 is 11.3 Å². The van der Waals surface area contributed by atoms with Crippen molar-refractivity contribution < 1.29 is 9.53 Å². The average Bonchev–Trinajstić information content (AvgIpc) is 2.36. The van der Waals surface area contributed by atoms with E-state index in [0.29, 0.717) is 13.0 Å². The lowest BCUT2D eigenvalue weighted by atomic mass is 9.71. The normalized spacial score (nSPS) is 20.5. The van der Waals surface area contributed by atoms with Gasteiger partial charge < -0.3 is 9.53 Å². The minimum Gasteiger partial charge on any atom is -0.380 e. The summed E-state index contributed by atoms with van der Waals surface area (Å²) >= 11 is 0. The van der Waals surface area contributed by atoms with Crippen molar-refractivity contribution in [3.05, 3.63) is 24.3 Å². The summed E-state index contributed by atoms with van der Waals surface area (Å²) in [6, 6.07) is 0. The summed E-state index contributed by atoms with van der Waals surface area (Å²) in [5.74, 6) is 4.83. The smallest absolute Gasteiger partial charge is 0.130 e. The predicted molar refractivity (Wildman–Crippen MR) is 103 cm³/mol. The minimum absolute atomic E-state index is 0.0701. The van der Waals surface area contributed by atoms with E-state index in [9.17, 15) is 4.79 Å². The number of rotatable bonds is 8. The Hall–Kier alpha value is -0.970. The van der Waals surface area contributed by atoms with Crippen LogP contribution in [0.4, 0.5) is 0 Å². The summed E-state index contributed by atoms with van der Waals surface area (Å²) in [4.78, 5) is 11.3. The van der Waals surface area contributed by atoms with Crippen LogP contribution in [0.25, 0.3) is 0 Å². The van der Waals surface area contributed by atoms with Gasteiger partial charge in [0.05, 0.1) is 13.2 Å². The molecule has 4 heteroatoms. The fourth-order valence-corrected chi connectivity index (χ4v) is 3.38. The van der Waals surface area contributed by atoms with Gasteiger partial charge in [0.2, 0.25) is 0 Å². The van der Waals surface area contributed by atoms with E-state index in [1.54, 1.807) is 14.0 Å². The third-order valence-electron chi connectivity index (χ3n) is 3.93. The second-order valence-electron chi connectivity index (χ2n) is 8.81. The summed E-state index contributed by atoms with van der Waals surface area (Å²) in [5, 5.41) is 0. The number of allylic oxidation sites excluding steroid dienone is 4. The average molecular weight is 339 g/mol. The Bertz CT molecular complexity index is 439. The monoisotopic (exact) mass is 338 g/mol. The van der Waals surface area contributed by atoms with Gasteiger partial charge in [-0.2, -0.15) is 0 Å². The van der Waals surface area contributed by atoms with Crippen LogP contribution in [-0.2, 0) is 9.53 Å². The van der Waals surface area contributed by atoms with Gasteiger partial charge in [0, 0.05) is 6.42 Å². The molecule has 1 rings (SSSR count). The molecule has 1 aliphatic rings. The molecule has 0 aliphatic heterocycles. The van der Waals surface area contributed by atoms with Gasteiger partial charge in [-0.3, -0.25) is 11.3 Å². The summed E-state index contributed by atoms with van der Waals surface area (Å²) in [7, 11) is 1.65. The highest BCUT2D eigenvalue weighted by Gasteiger charge is 2.31. The molecule has 1 aliphatic carbocycles. The first-order valence-electron chi connectivity index (χ1n) is 8.74. The molecular weight excluding hydrogens is 300 g/mol. The molecule has 3 N–H and O–H groups in total. The van der Waals surface area contributed by atoms with Crippen molar-refractivity contribution in [2.75, 3.05) is 20.3 Å². The maximum absolute atomic E-state index is 11.3. The zero-order chi connectivity index (χ0) is 18.9. The van der Waals surface area contributed by atoms with E-state index in [2.05, 4.69) is 70.2 Å². The number of hydrazine groups is 1. The molecule has 0 aromatic carbocycles. The molecule has 0 aromatic heterocycles. The first-order chi connectivity index (χ1) is 11.0. The SMILES string of the molecule is CC(=O)CC(C)(C)COCC(C)(C)CC1(C)C=CC=CC1.CNN. The van der Waals surface area contributed by atoms with Crippen molar-refractivity contribution in [3.63, 3.8) is 0 Å². The molecule has 0 amide bonds. The van der Waals surface area contributed by atoms with E-state index in [1.165, 1.54) is 0 Å². The van der Waals surface area contributed by atoms with E-state index in [4.69, 9.17) is 4.74 Å². The maximum atomic E-state index is 11.3. The third kappa shape index (κ3) is 10.7. The highest BCUT2D eigenvalue weighted by atomic mass is 16.5. The third-order valence-corrected chi connectivity index (χ3v) is 3.93. The lowest BCUT2D eigenvalue weighted by molar-refractivity contribution is -0.120. The van der Waals surface area contributed by atoms with E-state index in [-0.39, 0.29) is 22.0 Å². The van der Waals surface area contributed by atoms with E-state index >= 15 is 0 Å². The molecule has 1 unspecified atom stereocenters. The van der Waals surface area contributed by atoms with Gasteiger partial charge in [0.1, 0.15) is 5.78 Å². The van der Waals surface area contributed by atoms with Crippen LogP contribution in [-0.4, -0.2) is 26.0 Å². The first kappa shape index (κ1) is 23.0. The topological polar surface area (TPSA) is 64.3 Å². The van der Waals surface area contributed by atoms with E-state index in [1.807, 2.05) is 0 Å². The van der Waals surface area contributed by atoms with Gasteiger partial charge in [-0.05, 0) is 43.1 Å². The van der Waals surface area contributed by atoms with Crippen molar-refractivity contribution in [1.82, 2.24) is 5.43 Å². The minimum atomic E-state index is -0.0701. The van der Waals surface area contributed by atoms with Crippen molar-refractivity contribution >= 4 is 5.78 Å². The van der Waals surface area contributed by atoms with E-state index in [0.717, 1.165) is 19.4 Å². The second-order valence-corrected chi connectivity index (χ2v) is 8.81. The number of hydrogen-bond acceptors (Lipinski definition) is 4. The van der Waals surface area contributed by atoms with Gasteiger partial charge in [-0.1, -0.05) is 58.9 Å². The lowest BCUT2D eigenvalue weighted by Crippen LogP contribution is -2.31. The molecule has 0 spiro atoms. The van der Waals surface area contributed by atoms with Crippen molar-refractivity contribution in [2.24, 2.45) is 22.1 Å². The summed E-state index contributed by atoms with van der Waals surface area (Å²) in [6.07, 6.45) is 11.6. The largest absolute Gasteiger partial charge is 0.380 e. The van der Waals surface area contributed by atoms with Gasteiger partial charge in [-0.25, -0.2) is 0 Å². The van der Waals surface area contributed by atoms with Crippen LogP contribution in [0.1, 0.15) is 60.8 Å². The van der Waals surface area contributed by atoms with E-state index < -0.39 is 0 Å². The van der Waals surface area contributed by atoms with Crippen LogP contribution in [0.5, 0.6) is 0 Å². The van der Waals surface area contributed by atoms with Crippen LogP contribution in [0, 0.1) is 16.2 Å². The number of hydrogen-bond donors (Lipinski definition) is 2. The zero-order valence-electron chi connectivity index (χ0n) is 16.7. The van der Waals surface area contributed by atoms with Crippen LogP contribution in [0.3, 0.4) is 0 Å². The van der Waals surface area contributed by atoms with Crippen LogP contribution >= 0.6 is 0 Å². The van der Waals surface area contributed by atoms with Crippen LogP contribution in [0.2, 0.25) is 0 Å². The Morgan fingerprint density at radius 1 is 1.21 bits per heavy atom. The standard InChI is InChI=1S/C19H32O2.CH6N2/c1-16(20)12-17(2,3)14-21-15-18(4,5)13-19(6)10-8-7-9-11-19;1-3-2/h7-10H,11-15H2,1-6H3;3H,2H2,1H3. The van der Waals surface area contributed by atoms with Gasteiger partial charge in [0.15, 0.2) is 0 Å². The van der Waals surface area contributed by atoms with Crippen molar-refractivity contribution in [2.45, 2.75) is 60.8 Å². The first-order valence-corrected chi connectivity index (χ1v) is 8.74. The number of ether oxygens (including phenoxy) is 1. The summed E-state index contributed by atoms with van der Waals surface area (Å²) in [6.45, 7) is 14.1. The maximum Gasteiger partial charge on any atom is 0.130 e. The Morgan fingerprint density at radius 2 is 1.75 bits per heavy atom. The Balaban J connectivity index is 0.00000163. The molecule has 24 heavy (non-hydrogen) atoms. The zero-order valence-corrected chi connectivity index (χ0v) is 16.7. The fraction of sp³-hybridized carbons (Fsp3) is 0.750. The number of nitrogens with one attached hydrogen (secondary N) is 1. The Morgan fingerprint density at radius 3 is 2.21 bits per heavy atom. The van der Waals surface area contributed by atoms with Gasteiger partial charge in [0.25, 0.3) is 0 Å². The molecule has 0 heterocycles. The summed E-state index contributed by atoms with van der Waals surface area (Å²) < 4.78 is 5.96. The van der Waals surface area contributed by atoms with Crippen molar-refractivity contribution in [3.8, 4) is 0 Å². The molecule has 140 valence electrons. The molecule has 0 aromatic rings. The Kier molecular flexibility index (Phi) is 9.71. The second kappa shape index (κ2) is 10.1. The number of carbonyl (C=O) groups excluding carboxylic acids is 1. The number of nitrogens with two attached hydrogens (primary N) is 1. The lowest BCUT2D eigenvalue weighted by Gasteiger charge is -2.36. The van der Waals surface area contributed by atoms with Gasteiger partial charge in [-0.15, -0.1) is 0 Å². The highest BCUT2D eigenvalue weighted by molar-refractivity contribution is 5.76. The molecular formula is C20H38N2O2. The predicted octanol–water partition coefficient (Wildman–Crippen LogP) is 4.03. The molecule has 0 bridgehead atoms. The molecule has 4 nitrogen and oxygen atoms in total. The highest BCUT2D eigenvalue weighted by Crippen LogP contribution is 2.39. The summed E-state index contributed by atoms with van der Waals surface area (Å²) in [5.41, 5.74) is 2.55. The molecule has 0 radical (unpaired) electrons. The molecule has 0 fully saturated rings. The molecule has 0 saturated heterocycles. The number of Topliss-reactive ketones (excluding diaryl/α,β-unsaturated/α-hetero) is 1.